The third-order valence-corrected chi connectivity index (χ3v) is 4.88. The van der Waals surface area contributed by atoms with Gasteiger partial charge in [0, 0.05) is 19.9 Å². The summed E-state index contributed by atoms with van der Waals surface area (Å²) in [6.07, 6.45) is 1.62. The lowest BCUT2D eigenvalue weighted by molar-refractivity contribution is -0.137. The van der Waals surface area contributed by atoms with E-state index in [0.29, 0.717) is 19.3 Å². The zero-order valence-corrected chi connectivity index (χ0v) is 13.6. The SMILES string of the molecule is CC(c1nc2ccccc2s1)N(C)C(=O)CCCCC(=O)O. The normalized spacial score (nSPS) is 12.3. The maximum absolute atomic E-state index is 12.2. The van der Waals surface area contributed by atoms with E-state index in [-0.39, 0.29) is 18.4 Å². The highest BCUT2D eigenvalue weighted by atomic mass is 32.1. The number of carbonyl (C=O) groups excluding carboxylic acids is 1. The smallest absolute Gasteiger partial charge is 0.303 e. The standard InChI is InChI=1S/C16H20N2O3S/c1-11(16-17-12-7-3-4-8-13(12)22-16)18(2)14(19)9-5-6-10-15(20)21/h3-4,7-8,11H,5-6,9-10H2,1-2H3,(H,20,21). The van der Waals surface area contributed by atoms with Crippen LogP contribution in [-0.4, -0.2) is 33.9 Å². The van der Waals surface area contributed by atoms with Crippen molar-refractivity contribution in [3.63, 3.8) is 0 Å². The predicted octanol–water partition coefficient (Wildman–Crippen LogP) is 3.46. The number of para-hydroxylation sites is 1. The van der Waals surface area contributed by atoms with Gasteiger partial charge in [-0.05, 0) is 31.9 Å². The number of amides is 1. The van der Waals surface area contributed by atoms with Gasteiger partial charge in [-0.25, -0.2) is 4.98 Å². The highest BCUT2D eigenvalue weighted by Crippen LogP contribution is 2.29. The van der Waals surface area contributed by atoms with Crippen LogP contribution in [0.1, 0.15) is 43.7 Å². The Hall–Kier alpha value is -1.95. The quantitative estimate of drug-likeness (QED) is 0.793. The molecule has 1 aromatic carbocycles. The van der Waals surface area contributed by atoms with Crippen molar-refractivity contribution in [3.8, 4) is 0 Å². The van der Waals surface area contributed by atoms with E-state index in [1.54, 1.807) is 23.3 Å². The molecule has 0 aliphatic carbocycles. The van der Waals surface area contributed by atoms with Gasteiger partial charge in [0.2, 0.25) is 5.91 Å². The highest BCUT2D eigenvalue weighted by Gasteiger charge is 2.20. The van der Waals surface area contributed by atoms with Crippen molar-refractivity contribution < 1.29 is 14.7 Å². The van der Waals surface area contributed by atoms with E-state index >= 15 is 0 Å². The molecule has 1 aromatic heterocycles. The number of unbranched alkanes of at least 4 members (excludes halogenated alkanes) is 1. The molecule has 2 rings (SSSR count). The van der Waals surface area contributed by atoms with Gasteiger partial charge in [-0.15, -0.1) is 11.3 Å². The Balaban J connectivity index is 1.94. The first kappa shape index (κ1) is 16.4. The van der Waals surface area contributed by atoms with Crippen LogP contribution < -0.4 is 0 Å². The van der Waals surface area contributed by atoms with Gasteiger partial charge >= 0.3 is 5.97 Å². The van der Waals surface area contributed by atoms with E-state index in [0.717, 1.165) is 15.2 Å². The fourth-order valence-electron chi connectivity index (χ4n) is 2.18. The summed E-state index contributed by atoms with van der Waals surface area (Å²) in [6.45, 7) is 1.97. The zero-order chi connectivity index (χ0) is 16.1. The molecular formula is C16H20N2O3S. The molecule has 0 aliphatic heterocycles. The number of aliphatic carboxylic acids is 1. The second kappa shape index (κ2) is 7.35. The number of fused-ring (bicyclic) bond motifs is 1. The average molecular weight is 320 g/mol. The van der Waals surface area contributed by atoms with E-state index in [2.05, 4.69) is 4.98 Å². The summed E-state index contributed by atoms with van der Waals surface area (Å²) < 4.78 is 1.12. The number of carboxylic acids is 1. The second-order valence-electron chi connectivity index (χ2n) is 5.30. The molecule has 22 heavy (non-hydrogen) atoms. The van der Waals surface area contributed by atoms with Gasteiger partial charge in [-0.3, -0.25) is 9.59 Å². The Bertz CT molecular complexity index is 635. The van der Waals surface area contributed by atoms with Crippen molar-refractivity contribution in [2.45, 2.75) is 38.6 Å². The lowest BCUT2D eigenvalue weighted by Crippen LogP contribution is -2.29. The van der Waals surface area contributed by atoms with Crippen molar-refractivity contribution in [2.24, 2.45) is 0 Å². The molecule has 1 heterocycles. The van der Waals surface area contributed by atoms with Crippen LogP contribution in [0.5, 0.6) is 0 Å². The molecule has 1 unspecified atom stereocenters. The van der Waals surface area contributed by atoms with Gasteiger partial charge in [-0.2, -0.15) is 0 Å². The Morgan fingerprint density at radius 1 is 1.27 bits per heavy atom. The maximum Gasteiger partial charge on any atom is 0.303 e. The third kappa shape index (κ3) is 4.04. The molecule has 118 valence electrons. The number of rotatable bonds is 7. The first-order valence-corrected chi connectivity index (χ1v) is 8.13. The Morgan fingerprint density at radius 3 is 2.64 bits per heavy atom. The van der Waals surface area contributed by atoms with Gasteiger partial charge in [0.05, 0.1) is 16.3 Å². The Kier molecular flexibility index (Phi) is 5.49. The summed E-state index contributed by atoms with van der Waals surface area (Å²) in [7, 11) is 1.77. The van der Waals surface area contributed by atoms with Gasteiger partial charge in [0.1, 0.15) is 5.01 Å². The molecule has 0 radical (unpaired) electrons. The first-order valence-electron chi connectivity index (χ1n) is 7.32. The third-order valence-electron chi connectivity index (χ3n) is 3.67. The number of aromatic nitrogens is 1. The predicted molar refractivity (Wildman–Crippen MR) is 86.9 cm³/mol. The van der Waals surface area contributed by atoms with Crippen LogP contribution >= 0.6 is 11.3 Å². The number of benzene rings is 1. The lowest BCUT2D eigenvalue weighted by Gasteiger charge is -2.23. The van der Waals surface area contributed by atoms with E-state index < -0.39 is 5.97 Å². The molecule has 0 aliphatic rings. The molecule has 6 heteroatoms. The number of hydrogen-bond acceptors (Lipinski definition) is 4. The van der Waals surface area contributed by atoms with E-state index in [9.17, 15) is 9.59 Å². The van der Waals surface area contributed by atoms with Gasteiger partial charge < -0.3 is 10.0 Å². The van der Waals surface area contributed by atoms with Crippen LogP contribution in [0, 0.1) is 0 Å². The van der Waals surface area contributed by atoms with Crippen molar-refractivity contribution in [2.75, 3.05) is 7.05 Å². The van der Waals surface area contributed by atoms with Gasteiger partial charge in [0.15, 0.2) is 0 Å². The van der Waals surface area contributed by atoms with Crippen LogP contribution in [0.15, 0.2) is 24.3 Å². The molecule has 0 bridgehead atoms. The molecule has 1 N–H and O–H groups in total. The van der Waals surface area contributed by atoms with Gasteiger partial charge in [0.25, 0.3) is 0 Å². The van der Waals surface area contributed by atoms with Crippen molar-refractivity contribution in [3.05, 3.63) is 29.3 Å². The zero-order valence-electron chi connectivity index (χ0n) is 12.8. The molecule has 0 saturated heterocycles. The summed E-state index contributed by atoms with van der Waals surface area (Å²) in [6, 6.07) is 7.84. The molecule has 2 aromatic rings. The average Bonchev–Trinajstić information content (AvgIpc) is 2.93. The Labute approximate surface area is 133 Å². The fraction of sp³-hybridized carbons (Fsp3) is 0.438. The monoisotopic (exact) mass is 320 g/mol. The highest BCUT2D eigenvalue weighted by molar-refractivity contribution is 7.18. The minimum atomic E-state index is -0.816. The van der Waals surface area contributed by atoms with E-state index in [4.69, 9.17) is 5.11 Å². The van der Waals surface area contributed by atoms with Crippen LogP contribution in [0.3, 0.4) is 0 Å². The number of nitrogens with zero attached hydrogens (tertiary/aromatic N) is 2. The van der Waals surface area contributed by atoms with Crippen LogP contribution in [0.2, 0.25) is 0 Å². The number of hydrogen-bond donors (Lipinski definition) is 1. The van der Waals surface area contributed by atoms with Crippen LogP contribution in [0.4, 0.5) is 0 Å². The topological polar surface area (TPSA) is 70.5 Å². The van der Waals surface area contributed by atoms with E-state index in [1.165, 1.54) is 0 Å². The number of carboxylic acid groups (broad SMARTS) is 1. The molecule has 5 nitrogen and oxygen atoms in total. The Morgan fingerprint density at radius 2 is 1.95 bits per heavy atom. The van der Waals surface area contributed by atoms with Crippen LogP contribution in [-0.2, 0) is 9.59 Å². The lowest BCUT2D eigenvalue weighted by atomic mass is 10.1. The summed E-state index contributed by atoms with van der Waals surface area (Å²) in [5.74, 6) is -0.791. The van der Waals surface area contributed by atoms with Crippen molar-refractivity contribution >= 4 is 33.4 Å². The molecule has 0 fully saturated rings. The molecule has 1 amide bonds. The summed E-state index contributed by atoms with van der Waals surface area (Å²) >= 11 is 1.60. The minimum absolute atomic E-state index is 0.0251. The largest absolute Gasteiger partial charge is 0.481 e. The first-order chi connectivity index (χ1) is 10.5. The maximum atomic E-state index is 12.2. The minimum Gasteiger partial charge on any atom is -0.481 e. The van der Waals surface area contributed by atoms with Gasteiger partial charge in [-0.1, -0.05) is 12.1 Å². The summed E-state index contributed by atoms with van der Waals surface area (Å²) in [4.78, 5) is 28.9. The molecular weight excluding hydrogens is 300 g/mol. The van der Waals surface area contributed by atoms with Crippen molar-refractivity contribution in [1.29, 1.82) is 0 Å². The summed E-state index contributed by atoms with van der Waals surface area (Å²) in [5.41, 5.74) is 0.955. The fourth-order valence-corrected chi connectivity index (χ4v) is 3.24. The van der Waals surface area contributed by atoms with Crippen molar-refractivity contribution in [1.82, 2.24) is 9.88 Å². The molecule has 1 atom stereocenters. The van der Waals surface area contributed by atoms with E-state index in [1.807, 2.05) is 31.2 Å². The molecule has 0 saturated carbocycles. The second-order valence-corrected chi connectivity index (χ2v) is 6.36. The summed E-state index contributed by atoms with van der Waals surface area (Å²) in [5, 5.41) is 9.51. The number of thiazole rings is 1. The van der Waals surface area contributed by atoms with Crippen LogP contribution in [0.25, 0.3) is 10.2 Å². The molecule has 0 spiro atoms. The number of carbonyl (C=O) groups is 2.